The molecule has 2 aromatic carbocycles. The first-order valence-electron chi connectivity index (χ1n) is 10.2. The van der Waals surface area contributed by atoms with Crippen molar-refractivity contribution in [1.29, 1.82) is 0 Å². The number of pyridine rings is 1. The zero-order chi connectivity index (χ0) is 23.7. The molecule has 0 aliphatic rings. The number of carbonyl (C=O) groups excluding carboxylic acids is 2. The summed E-state index contributed by atoms with van der Waals surface area (Å²) in [5.74, 6) is -1.77. The van der Waals surface area contributed by atoms with Gasteiger partial charge in [-0.05, 0) is 42.5 Å². The van der Waals surface area contributed by atoms with Crippen molar-refractivity contribution >= 4 is 45.3 Å². The zero-order valence-corrected chi connectivity index (χ0v) is 17.5. The Morgan fingerprint density at radius 3 is 2.62 bits per heavy atom. The van der Waals surface area contributed by atoms with Gasteiger partial charge in [-0.3, -0.25) is 23.9 Å². The van der Waals surface area contributed by atoms with Gasteiger partial charge in [0.2, 0.25) is 11.5 Å². The number of nitrogens with one attached hydrogen (secondary N) is 2. The van der Waals surface area contributed by atoms with Crippen LogP contribution in [0.5, 0.6) is 0 Å². The number of hydrogen-bond acceptors (Lipinski definition) is 6. The second kappa shape index (κ2) is 8.58. The highest BCUT2D eigenvalue weighted by Crippen LogP contribution is 2.25. The van der Waals surface area contributed by atoms with Crippen molar-refractivity contribution in [2.45, 2.75) is 6.54 Å². The summed E-state index contributed by atoms with van der Waals surface area (Å²) in [4.78, 5) is 46.2. The maximum Gasteiger partial charge on any atom is 0.297 e. The standard InChI is InChI=1S/C24H16FN5O4/c25-14-8-9-16(29-23(32)17-6-3-4-10-26-17)18(11-14)28-20(31)12-30-13-27-21-15-5-1-2-7-19(15)34-22(21)24(30)33/h1-11,13H,12H2,(H,28,31)(H,29,32). The van der Waals surface area contributed by atoms with Crippen molar-refractivity contribution in [2.75, 3.05) is 10.6 Å². The maximum atomic E-state index is 13.9. The lowest BCUT2D eigenvalue weighted by molar-refractivity contribution is -0.116. The van der Waals surface area contributed by atoms with E-state index in [1.807, 2.05) is 0 Å². The summed E-state index contributed by atoms with van der Waals surface area (Å²) in [6.07, 6.45) is 2.72. The van der Waals surface area contributed by atoms with E-state index in [9.17, 15) is 18.8 Å². The predicted molar refractivity (Wildman–Crippen MR) is 123 cm³/mol. The van der Waals surface area contributed by atoms with Crippen molar-refractivity contribution in [3.63, 3.8) is 0 Å². The number of furan rings is 1. The Morgan fingerprint density at radius 2 is 1.79 bits per heavy atom. The molecule has 0 radical (unpaired) electrons. The van der Waals surface area contributed by atoms with Crippen LogP contribution in [0.3, 0.4) is 0 Å². The lowest BCUT2D eigenvalue weighted by atomic mass is 10.2. The molecule has 0 fully saturated rings. The minimum absolute atomic E-state index is 0.0279. The Labute approximate surface area is 190 Å². The van der Waals surface area contributed by atoms with Gasteiger partial charge in [-0.1, -0.05) is 18.2 Å². The van der Waals surface area contributed by atoms with Crippen molar-refractivity contribution < 1.29 is 18.4 Å². The Morgan fingerprint density at radius 1 is 0.971 bits per heavy atom. The third kappa shape index (κ3) is 3.99. The molecule has 0 aliphatic carbocycles. The number of carbonyl (C=O) groups is 2. The fraction of sp³-hybridized carbons (Fsp3) is 0.0417. The van der Waals surface area contributed by atoms with Gasteiger partial charge in [0, 0.05) is 11.6 Å². The lowest BCUT2D eigenvalue weighted by Gasteiger charge is -2.13. The maximum absolute atomic E-state index is 13.9. The van der Waals surface area contributed by atoms with Gasteiger partial charge in [0.1, 0.15) is 29.2 Å². The molecule has 0 saturated heterocycles. The normalized spacial score (nSPS) is 11.0. The predicted octanol–water partition coefficient (Wildman–Crippen LogP) is 3.57. The Bertz CT molecular complexity index is 1610. The second-order valence-electron chi connectivity index (χ2n) is 7.36. The summed E-state index contributed by atoms with van der Waals surface area (Å²) >= 11 is 0. The van der Waals surface area contributed by atoms with Gasteiger partial charge in [-0.15, -0.1) is 0 Å². The number of amides is 2. The van der Waals surface area contributed by atoms with Crippen LogP contribution >= 0.6 is 0 Å². The lowest BCUT2D eigenvalue weighted by Crippen LogP contribution is -2.28. The zero-order valence-electron chi connectivity index (χ0n) is 17.5. The molecular weight excluding hydrogens is 441 g/mol. The molecular formula is C24H16FN5O4. The van der Waals surface area contributed by atoms with Crippen LogP contribution in [0.1, 0.15) is 10.5 Å². The minimum Gasteiger partial charge on any atom is -0.448 e. The Hall–Kier alpha value is -4.86. The van der Waals surface area contributed by atoms with Gasteiger partial charge in [0.05, 0.1) is 17.7 Å². The molecule has 0 atom stereocenters. The SMILES string of the molecule is O=C(Cn1cnc2c(oc3ccccc32)c1=O)Nc1cc(F)ccc1NC(=O)c1ccccn1. The van der Waals surface area contributed by atoms with Crippen LogP contribution in [0.4, 0.5) is 15.8 Å². The Balaban J connectivity index is 1.38. The molecule has 3 aromatic heterocycles. The molecule has 9 nitrogen and oxygen atoms in total. The number of anilines is 2. The molecule has 0 aliphatic heterocycles. The second-order valence-corrected chi connectivity index (χ2v) is 7.36. The van der Waals surface area contributed by atoms with Gasteiger partial charge in [0.25, 0.3) is 11.5 Å². The van der Waals surface area contributed by atoms with E-state index in [4.69, 9.17) is 4.42 Å². The smallest absolute Gasteiger partial charge is 0.297 e. The molecule has 168 valence electrons. The number of hydrogen-bond donors (Lipinski definition) is 2. The largest absolute Gasteiger partial charge is 0.448 e. The molecule has 5 rings (SSSR count). The number of rotatable bonds is 5. The first-order valence-corrected chi connectivity index (χ1v) is 10.2. The average Bonchev–Trinajstić information content (AvgIpc) is 3.22. The van der Waals surface area contributed by atoms with E-state index in [0.717, 1.165) is 16.7 Å². The number of fused-ring (bicyclic) bond motifs is 3. The monoisotopic (exact) mass is 457 g/mol. The Kier molecular flexibility index (Phi) is 5.30. The van der Waals surface area contributed by atoms with Crippen molar-refractivity contribution in [3.05, 3.63) is 95.1 Å². The molecule has 2 amide bonds. The number of nitrogens with zero attached hydrogens (tertiary/aromatic N) is 3. The minimum atomic E-state index is -0.627. The fourth-order valence-electron chi connectivity index (χ4n) is 3.48. The van der Waals surface area contributed by atoms with E-state index in [0.29, 0.717) is 16.5 Å². The average molecular weight is 457 g/mol. The van der Waals surface area contributed by atoms with E-state index < -0.39 is 29.7 Å². The molecule has 0 bridgehead atoms. The number of para-hydroxylation sites is 1. The molecule has 2 N–H and O–H groups in total. The topological polar surface area (TPSA) is 119 Å². The summed E-state index contributed by atoms with van der Waals surface area (Å²) in [7, 11) is 0. The van der Waals surface area contributed by atoms with Crippen LogP contribution in [0.15, 0.2) is 82.4 Å². The van der Waals surface area contributed by atoms with E-state index >= 15 is 0 Å². The van der Waals surface area contributed by atoms with Gasteiger partial charge >= 0.3 is 0 Å². The van der Waals surface area contributed by atoms with E-state index in [-0.39, 0.29) is 22.7 Å². The van der Waals surface area contributed by atoms with E-state index in [1.54, 1.807) is 36.4 Å². The first kappa shape index (κ1) is 21.0. The molecule has 34 heavy (non-hydrogen) atoms. The van der Waals surface area contributed by atoms with Gasteiger partial charge in [0.15, 0.2) is 0 Å². The molecule has 5 aromatic rings. The van der Waals surface area contributed by atoms with Crippen molar-refractivity contribution in [2.24, 2.45) is 0 Å². The molecule has 10 heteroatoms. The summed E-state index contributed by atoms with van der Waals surface area (Å²) in [6.45, 7) is -0.400. The van der Waals surface area contributed by atoms with Crippen LogP contribution in [-0.4, -0.2) is 26.3 Å². The highest BCUT2D eigenvalue weighted by Gasteiger charge is 2.16. The van der Waals surface area contributed by atoms with Crippen LogP contribution in [0.25, 0.3) is 22.1 Å². The summed E-state index contributed by atoms with van der Waals surface area (Å²) < 4.78 is 20.6. The van der Waals surface area contributed by atoms with Gasteiger partial charge in [-0.25, -0.2) is 9.37 Å². The molecule has 0 unspecified atom stereocenters. The van der Waals surface area contributed by atoms with Gasteiger partial charge < -0.3 is 15.1 Å². The first-order chi connectivity index (χ1) is 16.5. The summed E-state index contributed by atoms with van der Waals surface area (Å²) in [6, 6.07) is 15.5. The number of aromatic nitrogens is 3. The van der Waals surface area contributed by atoms with Crippen LogP contribution in [-0.2, 0) is 11.3 Å². The molecule has 0 spiro atoms. The highest BCUT2D eigenvalue weighted by molar-refractivity contribution is 6.06. The van der Waals surface area contributed by atoms with Crippen LogP contribution < -0.4 is 16.2 Å². The number of benzene rings is 2. The summed E-state index contributed by atoms with van der Waals surface area (Å²) in [5, 5.41) is 5.82. The third-order valence-corrected chi connectivity index (χ3v) is 5.07. The van der Waals surface area contributed by atoms with Crippen molar-refractivity contribution in [3.8, 4) is 0 Å². The van der Waals surface area contributed by atoms with E-state index in [2.05, 4.69) is 20.6 Å². The quantitative estimate of drug-likeness (QED) is 0.417. The molecule has 0 saturated carbocycles. The van der Waals surface area contributed by atoms with Crippen LogP contribution in [0, 0.1) is 5.82 Å². The van der Waals surface area contributed by atoms with Crippen molar-refractivity contribution in [1.82, 2.24) is 14.5 Å². The van der Waals surface area contributed by atoms with E-state index in [1.165, 1.54) is 24.7 Å². The highest BCUT2D eigenvalue weighted by atomic mass is 19.1. The number of halogens is 1. The summed E-state index contributed by atoms with van der Waals surface area (Å²) in [5.41, 5.74) is 0.772. The third-order valence-electron chi connectivity index (χ3n) is 5.07. The molecule has 3 heterocycles. The van der Waals surface area contributed by atoms with Gasteiger partial charge in [-0.2, -0.15) is 0 Å². The van der Waals surface area contributed by atoms with Crippen LogP contribution in [0.2, 0.25) is 0 Å². The fourth-order valence-corrected chi connectivity index (χ4v) is 3.48.